The zero-order chi connectivity index (χ0) is 9.71. The van der Waals surface area contributed by atoms with Gasteiger partial charge in [0.2, 0.25) is 0 Å². The van der Waals surface area contributed by atoms with Crippen molar-refractivity contribution in [2.75, 3.05) is 0 Å². The maximum absolute atomic E-state index is 4.46. The van der Waals surface area contributed by atoms with Gasteiger partial charge in [-0.1, -0.05) is 6.07 Å². The van der Waals surface area contributed by atoms with Gasteiger partial charge in [-0.3, -0.25) is 9.08 Å². The van der Waals surface area contributed by atoms with Crippen LogP contribution in [-0.2, 0) is 7.05 Å². The second-order valence-electron chi connectivity index (χ2n) is 3.56. The van der Waals surface area contributed by atoms with Crippen LogP contribution in [0.3, 0.4) is 0 Å². The highest BCUT2D eigenvalue weighted by atomic mass is 15.3. The van der Waals surface area contributed by atoms with Crippen LogP contribution in [0, 0.1) is 6.92 Å². The molecule has 0 bridgehead atoms. The van der Waals surface area contributed by atoms with Gasteiger partial charge in [0.05, 0.1) is 6.20 Å². The third-order valence-electron chi connectivity index (χ3n) is 2.33. The molecule has 3 aromatic rings. The first-order valence-electron chi connectivity index (χ1n) is 4.52. The number of hydrogen-bond acceptors (Lipinski definition) is 2. The molecular formula is C10H10N4. The van der Waals surface area contributed by atoms with Crippen LogP contribution < -0.4 is 0 Å². The van der Waals surface area contributed by atoms with E-state index in [0.717, 1.165) is 16.8 Å². The van der Waals surface area contributed by atoms with Crippen LogP contribution in [0.1, 0.15) is 5.56 Å². The van der Waals surface area contributed by atoms with E-state index in [1.54, 1.807) is 4.68 Å². The molecule has 0 saturated carbocycles. The van der Waals surface area contributed by atoms with Crippen LogP contribution in [0.15, 0.2) is 24.5 Å². The van der Waals surface area contributed by atoms with Gasteiger partial charge in [-0.2, -0.15) is 5.10 Å². The minimum absolute atomic E-state index is 0.922. The summed E-state index contributed by atoms with van der Waals surface area (Å²) in [7, 11) is 1.91. The molecule has 3 heterocycles. The topological polar surface area (TPSA) is 35.1 Å². The number of imidazole rings is 1. The lowest BCUT2D eigenvalue weighted by atomic mass is 10.3. The van der Waals surface area contributed by atoms with E-state index in [-0.39, 0.29) is 0 Å². The van der Waals surface area contributed by atoms with E-state index in [1.807, 2.05) is 23.7 Å². The Bertz CT molecular complexity index is 617. The minimum atomic E-state index is 0.922. The van der Waals surface area contributed by atoms with E-state index in [1.165, 1.54) is 5.56 Å². The Morgan fingerprint density at radius 2 is 2.07 bits per heavy atom. The van der Waals surface area contributed by atoms with Crippen molar-refractivity contribution < 1.29 is 0 Å². The van der Waals surface area contributed by atoms with Gasteiger partial charge in [0, 0.05) is 13.2 Å². The number of rotatable bonds is 0. The highest BCUT2D eigenvalue weighted by Crippen LogP contribution is 2.14. The SMILES string of the molecule is Cc1ccc2nc3cn(C)nc3n2c1. The standard InChI is InChI=1S/C10H10N4/c1-7-3-4-9-11-8-6-13(2)12-10(8)14(9)5-7/h3-6H,1-2H3. The van der Waals surface area contributed by atoms with E-state index in [4.69, 9.17) is 0 Å². The van der Waals surface area contributed by atoms with E-state index >= 15 is 0 Å². The molecule has 0 radical (unpaired) electrons. The Balaban J connectivity index is 2.55. The van der Waals surface area contributed by atoms with Crippen LogP contribution in [-0.4, -0.2) is 19.2 Å². The molecule has 3 aromatic heterocycles. The first kappa shape index (κ1) is 7.55. The highest BCUT2D eigenvalue weighted by molar-refractivity contribution is 5.76. The maximum Gasteiger partial charge on any atom is 0.186 e. The van der Waals surface area contributed by atoms with Crippen molar-refractivity contribution in [2.24, 2.45) is 7.05 Å². The molecule has 0 fully saturated rings. The van der Waals surface area contributed by atoms with E-state index in [9.17, 15) is 0 Å². The number of fused-ring (bicyclic) bond motifs is 3. The van der Waals surface area contributed by atoms with Gasteiger partial charge in [-0.15, -0.1) is 0 Å². The number of hydrogen-bond donors (Lipinski definition) is 0. The Labute approximate surface area is 80.8 Å². The predicted octanol–water partition coefficient (Wildman–Crippen LogP) is 1.53. The van der Waals surface area contributed by atoms with Crippen molar-refractivity contribution in [3.05, 3.63) is 30.1 Å². The number of aryl methyl sites for hydroxylation is 2. The van der Waals surface area contributed by atoms with Crippen molar-refractivity contribution in [3.63, 3.8) is 0 Å². The van der Waals surface area contributed by atoms with E-state index < -0.39 is 0 Å². The largest absolute Gasteiger partial charge is 0.282 e. The van der Waals surface area contributed by atoms with Crippen molar-refractivity contribution in [2.45, 2.75) is 6.92 Å². The quantitative estimate of drug-likeness (QED) is 0.533. The van der Waals surface area contributed by atoms with Crippen molar-refractivity contribution >= 4 is 16.8 Å². The summed E-state index contributed by atoms with van der Waals surface area (Å²) in [4.78, 5) is 4.46. The molecule has 0 amide bonds. The molecule has 0 aliphatic carbocycles. The number of nitrogens with zero attached hydrogens (tertiary/aromatic N) is 4. The van der Waals surface area contributed by atoms with Gasteiger partial charge < -0.3 is 0 Å². The predicted molar refractivity (Wildman–Crippen MR) is 54.2 cm³/mol. The maximum atomic E-state index is 4.46. The minimum Gasteiger partial charge on any atom is -0.282 e. The molecule has 70 valence electrons. The molecule has 4 heteroatoms. The van der Waals surface area contributed by atoms with Crippen LogP contribution >= 0.6 is 0 Å². The molecule has 0 N–H and O–H groups in total. The highest BCUT2D eigenvalue weighted by Gasteiger charge is 2.06. The molecule has 4 nitrogen and oxygen atoms in total. The number of aromatic nitrogens is 4. The summed E-state index contributed by atoms with van der Waals surface area (Å²) < 4.78 is 3.80. The summed E-state index contributed by atoms with van der Waals surface area (Å²) >= 11 is 0. The van der Waals surface area contributed by atoms with Gasteiger partial charge in [-0.05, 0) is 18.6 Å². The summed E-state index contributed by atoms with van der Waals surface area (Å²) in [6.45, 7) is 2.06. The Kier molecular flexibility index (Phi) is 1.27. The third kappa shape index (κ3) is 0.878. The fraction of sp³-hybridized carbons (Fsp3) is 0.200. The van der Waals surface area contributed by atoms with Crippen LogP contribution in [0.2, 0.25) is 0 Å². The van der Waals surface area contributed by atoms with Gasteiger partial charge in [-0.25, -0.2) is 4.98 Å². The van der Waals surface area contributed by atoms with E-state index in [0.29, 0.717) is 0 Å². The normalized spacial score (nSPS) is 11.6. The molecule has 0 atom stereocenters. The summed E-state index contributed by atoms with van der Waals surface area (Å²) in [5, 5.41) is 4.36. The Morgan fingerprint density at radius 3 is 2.93 bits per heavy atom. The van der Waals surface area contributed by atoms with Crippen molar-refractivity contribution in [1.82, 2.24) is 19.2 Å². The molecule has 0 saturated heterocycles. The molecule has 3 rings (SSSR count). The van der Waals surface area contributed by atoms with Crippen LogP contribution in [0.4, 0.5) is 0 Å². The fourth-order valence-electron chi connectivity index (χ4n) is 1.70. The molecule has 0 aliphatic heterocycles. The Morgan fingerprint density at radius 1 is 1.21 bits per heavy atom. The average molecular weight is 186 g/mol. The van der Waals surface area contributed by atoms with E-state index in [2.05, 4.69) is 29.3 Å². The van der Waals surface area contributed by atoms with Crippen molar-refractivity contribution in [1.29, 1.82) is 0 Å². The lowest BCUT2D eigenvalue weighted by molar-refractivity contribution is 0.772. The second kappa shape index (κ2) is 2.35. The van der Waals surface area contributed by atoms with Gasteiger partial charge >= 0.3 is 0 Å². The molecule has 0 aromatic carbocycles. The summed E-state index contributed by atoms with van der Waals surface area (Å²) in [5.74, 6) is 0. The summed E-state index contributed by atoms with van der Waals surface area (Å²) in [5.41, 5.74) is 4.03. The summed E-state index contributed by atoms with van der Waals surface area (Å²) in [6.07, 6.45) is 3.98. The number of pyridine rings is 1. The summed E-state index contributed by atoms with van der Waals surface area (Å²) in [6, 6.07) is 4.07. The second-order valence-corrected chi connectivity index (χ2v) is 3.56. The first-order chi connectivity index (χ1) is 6.74. The third-order valence-corrected chi connectivity index (χ3v) is 2.33. The smallest absolute Gasteiger partial charge is 0.186 e. The fourth-order valence-corrected chi connectivity index (χ4v) is 1.70. The monoisotopic (exact) mass is 186 g/mol. The molecule has 14 heavy (non-hydrogen) atoms. The Hall–Kier alpha value is -1.84. The van der Waals surface area contributed by atoms with Crippen LogP contribution in [0.25, 0.3) is 16.8 Å². The molecule has 0 unspecified atom stereocenters. The van der Waals surface area contributed by atoms with Gasteiger partial charge in [0.1, 0.15) is 11.2 Å². The lowest BCUT2D eigenvalue weighted by Gasteiger charge is -1.95. The van der Waals surface area contributed by atoms with Gasteiger partial charge in [0.15, 0.2) is 5.65 Å². The average Bonchev–Trinajstić information content (AvgIpc) is 2.62. The lowest BCUT2D eigenvalue weighted by Crippen LogP contribution is -1.91. The first-order valence-corrected chi connectivity index (χ1v) is 4.52. The zero-order valence-corrected chi connectivity index (χ0v) is 8.10. The molecule has 0 aliphatic rings. The molecule has 0 spiro atoms. The van der Waals surface area contributed by atoms with Gasteiger partial charge in [0.25, 0.3) is 0 Å². The molecular weight excluding hydrogens is 176 g/mol. The van der Waals surface area contributed by atoms with Crippen LogP contribution in [0.5, 0.6) is 0 Å². The zero-order valence-electron chi connectivity index (χ0n) is 8.10. The van der Waals surface area contributed by atoms with Crippen molar-refractivity contribution in [3.8, 4) is 0 Å².